The molecular weight excluding hydrogens is 346 g/mol. The Morgan fingerprint density at radius 1 is 1.15 bits per heavy atom. The van der Waals surface area contributed by atoms with E-state index in [1.807, 2.05) is 13.8 Å². The lowest BCUT2D eigenvalue weighted by Gasteiger charge is -2.36. The predicted molar refractivity (Wildman–Crippen MR) is 98.5 cm³/mol. The number of hydrogen-bond donors (Lipinski definition) is 1. The van der Waals surface area contributed by atoms with Gasteiger partial charge in [-0.25, -0.2) is 9.97 Å². The summed E-state index contributed by atoms with van der Waals surface area (Å²) in [4.78, 5) is 35.6. The number of carboxylic acids is 1. The van der Waals surface area contributed by atoms with Gasteiger partial charge in [0.05, 0.1) is 28.3 Å². The summed E-state index contributed by atoms with van der Waals surface area (Å²) in [6.45, 7) is 5.60. The molecule has 3 heterocycles. The Morgan fingerprint density at radius 2 is 1.81 bits per heavy atom. The van der Waals surface area contributed by atoms with Crippen molar-refractivity contribution in [1.29, 1.82) is 0 Å². The smallest absolute Gasteiger partial charge is 0.308 e. The highest BCUT2D eigenvalue weighted by Gasteiger charge is 2.52. The number of ether oxygens (including phenoxy) is 1. The highest BCUT2D eigenvalue weighted by molar-refractivity contribution is 5.98. The summed E-state index contributed by atoms with van der Waals surface area (Å²) < 4.78 is 5.42. The summed E-state index contributed by atoms with van der Waals surface area (Å²) in [6, 6.07) is 5.30. The minimum Gasteiger partial charge on any atom is -0.481 e. The van der Waals surface area contributed by atoms with Crippen molar-refractivity contribution in [2.75, 3.05) is 26.3 Å². The van der Waals surface area contributed by atoms with E-state index in [9.17, 15) is 14.7 Å². The van der Waals surface area contributed by atoms with E-state index >= 15 is 0 Å². The van der Waals surface area contributed by atoms with Crippen molar-refractivity contribution in [2.24, 2.45) is 11.3 Å². The highest BCUT2D eigenvalue weighted by atomic mass is 16.5. The lowest BCUT2D eigenvalue weighted by atomic mass is 9.72. The van der Waals surface area contributed by atoms with E-state index in [-0.39, 0.29) is 17.9 Å². The van der Waals surface area contributed by atoms with Crippen molar-refractivity contribution in [3.63, 3.8) is 0 Å². The molecule has 0 bridgehead atoms. The molecule has 7 nitrogen and oxygen atoms in total. The molecule has 142 valence electrons. The average Bonchev–Trinajstić information content (AvgIpc) is 3.01. The third-order valence-corrected chi connectivity index (χ3v) is 6.04. The molecule has 7 heteroatoms. The number of benzene rings is 1. The fourth-order valence-corrected chi connectivity index (χ4v) is 4.29. The molecule has 1 aromatic heterocycles. The SMILES string of the molecule is Cc1nc2ccc(C(=O)N3CC(C(=O)O)C4(CCOCC4)C3)cc2nc1C. The lowest BCUT2D eigenvalue weighted by molar-refractivity contribution is -0.146. The molecule has 1 aromatic carbocycles. The van der Waals surface area contributed by atoms with Gasteiger partial charge in [0.1, 0.15) is 0 Å². The lowest BCUT2D eigenvalue weighted by Crippen LogP contribution is -2.40. The first-order valence-electron chi connectivity index (χ1n) is 9.24. The standard InChI is InChI=1S/C20H23N3O4/c1-12-13(2)22-17-9-14(3-4-16(17)21-12)18(24)23-10-15(19(25)26)20(11-23)5-7-27-8-6-20/h3-4,9,15H,5-8,10-11H2,1-2H3,(H,25,26). The molecule has 1 spiro atoms. The van der Waals surface area contributed by atoms with Gasteiger partial charge >= 0.3 is 5.97 Å². The third-order valence-electron chi connectivity index (χ3n) is 6.04. The van der Waals surface area contributed by atoms with E-state index in [0.717, 1.165) is 16.9 Å². The second kappa shape index (κ2) is 6.56. The van der Waals surface area contributed by atoms with Crippen LogP contribution in [0.3, 0.4) is 0 Å². The van der Waals surface area contributed by atoms with Crippen molar-refractivity contribution in [3.8, 4) is 0 Å². The van der Waals surface area contributed by atoms with E-state index in [4.69, 9.17) is 4.74 Å². The summed E-state index contributed by atoms with van der Waals surface area (Å²) in [5.41, 5.74) is 3.27. The molecule has 0 radical (unpaired) electrons. The zero-order valence-corrected chi connectivity index (χ0v) is 15.6. The average molecular weight is 369 g/mol. The largest absolute Gasteiger partial charge is 0.481 e. The van der Waals surface area contributed by atoms with Crippen LogP contribution in [0, 0.1) is 25.2 Å². The first kappa shape index (κ1) is 17.9. The molecule has 2 aromatic rings. The Hall–Kier alpha value is -2.54. The molecule has 2 saturated heterocycles. The Balaban J connectivity index is 1.63. The Kier molecular flexibility index (Phi) is 4.34. The fourth-order valence-electron chi connectivity index (χ4n) is 4.29. The van der Waals surface area contributed by atoms with Crippen molar-refractivity contribution in [1.82, 2.24) is 14.9 Å². The number of aromatic nitrogens is 2. The molecule has 1 N–H and O–H groups in total. The number of fused-ring (bicyclic) bond motifs is 1. The maximum absolute atomic E-state index is 13.1. The van der Waals surface area contributed by atoms with Gasteiger partial charge in [0.2, 0.25) is 0 Å². The number of likely N-dealkylation sites (tertiary alicyclic amines) is 1. The minimum atomic E-state index is -0.831. The highest BCUT2D eigenvalue weighted by Crippen LogP contribution is 2.44. The van der Waals surface area contributed by atoms with E-state index < -0.39 is 11.9 Å². The summed E-state index contributed by atoms with van der Waals surface area (Å²) >= 11 is 0. The molecule has 1 atom stereocenters. The number of hydrogen-bond acceptors (Lipinski definition) is 5. The summed E-state index contributed by atoms with van der Waals surface area (Å²) in [6.07, 6.45) is 1.35. The van der Waals surface area contributed by atoms with Crippen molar-refractivity contribution >= 4 is 22.9 Å². The third kappa shape index (κ3) is 3.06. The monoisotopic (exact) mass is 369 g/mol. The van der Waals surface area contributed by atoms with Crippen molar-refractivity contribution < 1.29 is 19.4 Å². The van der Waals surface area contributed by atoms with Gasteiger partial charge in [-0.3, -0.25) is 9.59 Å². The number of carbonyl (C=O) groups excluding carboxylic acids is 1. The second-order valence-electron chi connectivity index (χ2n) is 7.65. The molecule has 0 saturated carbocycles. The molecule has 1 amide bonds. The van der Waals surface area contributed by atoms with Crippen LogP contribution in [-0.2, 0) is 9.53 Å². The molecule has 1 unspecified atom stereocenters. The maximum atomic E-state index is 13.1. The number of nitrogens with zero attached hydrogens (tertiary/aromatic N) is 3. The van der Waals surface area contributed by atoms with E-state index in [0.29, 0.717) is 43.7 Å². The first-order chi connectivity index (χ1) is 12.9. The van der Waals surface area contributed by atoms with Gasteiger partial charge in [0.25, 0.3) is 5.91 Å². The van der Waals surface area contributed by atoms with Crippen LogP contribution >= 0.6 is 0 Å². The number of carboxylic acid groups (broad SMARTS) is 1. The zero-order chi connectivity index (χ0) is 19.2. The molecule has 0 aliphatic carbocycles. The van der Waals surface area contributed by atoms with Crippen LogP contribution < -0.4 is 0 Å². The molecule has 27 heavy (non-hydrogen) atoms. The van der Waals surface area contributed by atoms with Gasteiger partial charge in [0.15, 0.2) is 0 Å². The topological polar surface area (TPSA) is 92.6 Å². The second-order valence-corrected chi connectivity index (χ2v) is 7.65. The first-order valence-corrected chi connectivity index (χ1v) is 9.24. The van der Waals surface area contributed by atoms with Gasteiger partial charge in [-0.15, -0.1) is 0 Å². The van der Waals surface area contributed by atoms with E-state index in [1.165, 1.54) is 0 Å². The summed E-state index contributed by atoms with van der Waals surface area (Å²) in [5.74, 6) is -1.52. The summed E-state index contributed by atoms with van der Waals surface area (Å²) in [5, 5.41) is 9.70. The van der Waals surface area contributed by atoms with Crippen LogP contribution in [0.1, 0.15) is 34.6 Å². The van der Waals surface area contributed by atoms with Gasteiger partial charge in [-0.2, -0.15) is 0 Å². The molecule has 2 fully saturated rings. The van der Waals surface area contributed by atoms with Gasteiger partial charge in [-0.05, 0) is 44.9 Å². The number of aliphatic carboxylic acids is 1. The molecular formula is C20H23N3O4. The Bertz CT molecular complexity index is 921. The Labute approximate surface area is 157 Å². The van der Waals surface area contributed by atoms with Gasteiger partial charge in [0, 0.05) is 37.3 Å². The fraction of sp³-hybridized carbons (Fsp3) is 0.500. The molecule has 4 rings (SSSR count). The maximum Gasteiger partial charge on any atom is 0.308 e. The quantitative estimate of drug-likeness (QED) is 0.872. The number of carbonyl (C=O) groups is 2. The number of aryl methyl sites for hydroxylation is 2. The van der Waals surface area contributed by atoms with Crippen LogP contribution in [-0.4, -0.2) is 58.2 Å². The van der Waals surface area contributed by atoms with Crippen LogP contribution in [0.2, 0.25) is 0 Å². The van der Waals surface area contributed by atoms with Crippen LogP contribution in [0.25, 0.3) is 11.0 Å². The number of amides is 1. The Morgan fingerprint density at radius 3 is 2.48 bits per heavy atom. The van der Waals surface area contributed by atoms with Gasteiger partial charge in [-0.1, -0.05) is 0 Å². The number of rotatable bonds is 2. The normalized spacial score (nSPS) is 21.7. The zero-order valence-electron chi connectivity index (χ0n) is 15.6. The minimum absolute atomic E-state index is 0.147. The van der Waals surface area contributed by atoms with Crippen molar-refractivity contribution in [3.05, 3.63) is 35.2 Å². The summed E-state index contributed by atoms with van der Waals surface area (Å²) in [7, 11) is 0. The van der Waals surface area contributed by atoms with E-state index in [1.54, 1.807) is 23.1 Å². The van der Waals surface area contributed by atoms with E-state index in [2.05, 4.69) is 9.97 Å². The predicted octanol–water partition coefficient (Wildman–Crippen LogP) is 2.20. The van der Waals surface area contributed by atoms with Gasteiger partial charge < -0.3 is 14.7 Å². The van der Waals surface area contributed by atoms with Crippen LogP contribution in [0.15, 0.2) is 18.2 Å². The van der Waals surface area contributed by atoms with Crippen LogP contribution in [0.5, 0.6) is 0 Å². The molecule has 2 aliphatic heterocycles. The van der Waals surface area contributed by atoms with Crippen LogP contribution in [0.4, 0.5) is 0 Å². The molecule has 2 aliphatic rings. The van der Waals surface area contributed by atoms with Crippen molar-refractivity contribution in [2.45, 2.75) is 26.7 Å².